The van der Waals surface area contributed by atoms with Crippen LogP contribution in [0.3, 0.4) is 0 Å². The molecule has 0 radical (unpaired) electrons. The Bertz CT molecular complexity index is 411. The third-order valence-electron chi connectivity index (χ3n) is 3.58. The molecule has 1 amide bonds. The Hall–Kier alpha value is -1.36. The van der Waals surface area contributed by atoms with Crippen LogP contribution in [0.2, 0.25) is 0 Å². The minimum absolute atomic E-state index is 0.0378. The van der Waals surface area contributed by atoms with Gasteiger partial charge in [-0.1, -0.05) is 18.5 Å². The van der Waals surface area contributed by atoms with Crippen molar-refractivity contribution in [1.82, 2.24) is 15.4 Å². The van der Waals surface area contributed by atoms with Crippen molar-refractivity contribution in [1.29, 1.82) is 0 Å². The summed E-state index contributed by atoms with van der Waals surface area (Å²) in [5.74, 6) is 0.341. The van der Waals surface area contributed by atoms with Crippen LogP contribution in [0.15, 0.2) is 10.7 Å². The fraction of sp³-hybridized carbons (Fsp3) is 0.714. The molecule has 2 rings (SSSR count). The quantitative estimate of drug-likeness (QED) is 0.884. The first-order valence-electron chi connectivity index (χ1n) is 7.16. The molecule has 0 saturated carbocycles. The molecule has 1 N–H and O–H groups in total. The van der Waals surface area contributed by atoms with Gasteiger partial charge in [0, 0.05) is 24.7 Å². The fourth-order valence-corrected chi connectivity index (χ4v) is 2.53. The molecule has 5 nitrogen and oxygen atoms in total. The number of carbonyl (C=O) groups is 1. The van der Waals surface area contributed by atoms with Crippen molar-refractivity contribution in [2.75, 3.05) is 19.6 Å². The maximum absolute atomic E-state index is 12.5. The highest BCUT2D eigenvalue weighted by atomic mass is 16.5. The van der Waals surface area contributed by atoms with Gasteiger partial charge in [-0.15, -0.1) is 0 Å². The molecule has 1 fully saturated rings. The monoisotopic (exact) mass is 265 g/mol. The first kappa shape index (κ1) is 14.1. The largest absolute Gasteiger partial charge is 0.351 e. The molecule has 1 aliphatic heterocycles. The summed E-state index contributed by atoms with van der Waals surface area (Å²) in [5.41, 5.74) is 0.808. The summed E-state index contributed by atoms with van der Waals surface area (Å²) in [4.78, 5) is 14.3. The maximum Gasteiger partial charge on any atom is 0.292 e. The summed E-state index contributed by atoms with van der Waals surface area (Å²) in [6, 6.07) is 0.410. The molecule has 19 heavy (non-hydrogen) atoms. The van der Waals surface area contributed by atoms with Gasteiger partial charge in [-0.2, -0.15) is 0 Å². The molecule has 1 atom stereocenters. The average molecular weight is 265 g/mol. The van der Waals surface area contributed by atoms with Gasteiger partial charge in [-0.3, -0.25) is 4.79 Å². The van der Waals surface area contributed by atoms with Crippen LogP contribution < -0.4 is 5.32 Å². The summed E-state index contributed by atoms with van der Waals surface area (Å²) < 4.78 is 5.08. The molecular weight excluding hydrogens is 242 g/mol. The lowest BCUT2D eigenvalue weighted by Crippen LogP contribution is -2.46. The second kappa shape index (κ2) is 6.70. The zero-order valence-electron chi connectivity index (χ0n) is 11.8. The molecule has 1 aromatic rings. The van der Waals surface area contributed by atoms with Gasteiger partial charge in [0.1, 0.15) is 0 Å². The zero-order valence-corrected chi connectivity index (χ0v) is 11.8. The smallest absolute Gasteiger partial charge is 0.292 e. The van der Waals surface area contributed by atoms with Crippen molar-refractivity contribution in [2.45, 2.75) is 45.6 Å². The number of hydrogen-bond donors (Lipinski definition) is 1. The lowest BCUT2D eigenvalue weighted by molar-refractivity contribution is 0.0689. The molecule has 0 bridgehead atoms. The van der Waals surface area contributed by atoms with Gasteiger partial charge in [0.05, 0.1) is 6.20 Å². The van der Waals surface area contributed by atoms with Gasteiger partial charge in [0.15, 0.2) is 0 Å². The predicted molar refractivity (Wildman–Crippen MR) is 73.1 cm³/mol. The van der Waals surface area contributed by atoms with E-state index in [0.717, 1.165) is 38.0 Å². The van der Waals surface area contributed by atoms with Crippen LogP contribution in [0.4, 0.5) is 0 Å². The zero-order chi connectivity index (χ0) is 13.7. The molecule has 2 heterocycles. The highest BCUT2D eigenvalue weighted by Gasteiger charge is 2.24. The Morgan fingerprint density at radius 1 is 1.58 bits per heavy atom. The molecule has 1 aromatic heterocycles. The van der Waals surface area contributed by atoms with E-state index in [2.05, 4.69) is 17.4 Å². The summed E-state index contributed by atoms with van der Waals surface area (Å²) in [6.45, 7) is 6.51. The number of rotatable bonds is 5. The lowest BCUT2D eigenvalue weighted by atomic mass is 10.0. The van der Waals surface area contributed by atoms with Gasteiger partial charge < -0.3 is 14.7 Å². The van der Waals surface area contributed by atoms with Crippen molar-refractivity contribution in [3.05, 3.63) is 17.5 Å². The number of nitrogens with one attached hydrogen (secondary N) is 1. The summed E-state index contributed by atoms with van der Waals surface area (Å²) >= 11 is 0. The Balaban J connectivity index is 2.02. The predicted octanol–water partition coefficient (Wildman–Crippen LogP) is 1.98. The maximum atomic E-state index is 12.5. The Morgan fingerprint density at radius 3 is 3.00 bits per heavy atom. The fourth-order valence-electron chi connectivity index (χ4n) is 2.53. The van der Waals surface area contributed by atoms with Crippen LogP contribution >= 0.6 is 0 Å². The number of aromatic nitrogens is 1. The molecule has 5 heteroatoms. The third kappa shape index (κ3) is 3.56. The summed E-state index contributed by atoms with van der Waals surface area (Å²) in [6.07, 6.45) is 6.16. The van der Waals surface area contributed by atoms with Gasteiger partial charge >= 0.3 is 0 Å². The summed E-state index contributed by atoms with van der Waals surface area (Å²) in [7, 11) is 0. The van der Waals surface area contributed by atoms with Gasteiger partial charge in [0.25, 0.3) is 5.91 Å². The number of hydrogen-bond acceptors (Lipinski definition) is 4. The van der Waals surface area contributed by atoms with E-state index in [4.69, 9.17) is 4.52 Å². The standard InChI is InChI=1S/C14H23N3O2/c1-3-8-17(10-12-6-4-5-7-15-12)14(18)13-11(2)9-16-19-13/h9,12,15H,3-8,10H2,1-2H3. The van der Waals surface area contributed by atoms with E-state index in [1.807, 2.05) is 11.8 Å². The first-order chi connectivity index (χ1) is 9.22. The van der Waals surface area contributed by atoms with Crippen molar-refractivity contribution < 1.29 is 9.32 Å². The van der Waals surface area contributed by atoms with Crippen LogP contribution in [0, 0.1) is 6.92 Å². The lowest BCUT2D eigenvalue weighted by Gasteiger charge is -2.30. The van der Waals surface area contributed by atoms with Crippen molar-refractivity contribution in [3.63, 3.8) is 0 Å². The normalized spacial score (nSPS) is 19.4. The second-order valence-corrected chi connectivity index (χ2v) is 5.24. The van der Waals surface area contributed by atoms with E-state index in [1.165, 1.54) is 12.8 Å². The number of nitrogens with zero attached hydrogens (tertiary/aromatic N) is 2. The molecule has 1 unspecified atom stereocenters. The Labute approximate surface area is 114 Å². The topological polar surface area (TPSA) is 58.4 Å². The van der Waals surface area contributed by atoms with Crippen molar-refractivity contribution >= 4 is 5.91 Å². The van der Waals surface area contributed by atoms with E-state index in [0.29, 0.717) is 11.8 Å². The SMILES string of the molecule is CCCN(CC1CCCCN1)C(=O)c1oncc1C. The molecule has 1 aliphatic rings. The average Bonchev–Trinajstić information content (AvgIpc) is 2.85. The Morgan fingerprint density at radius 2 is 2.42 bits per heavy atom. The van der Waals surface area contributed by atoms with E-state index >= 15 is 0 Å². The summed E-state index contributed by atoms with van der Waals surface area (Å²) in [5, 5.41) is 7.18. The number of aryl methyl sites for hydroxylation is 1. The van der Waals surface area contributed by atoms with Crippen LogP contribution in [0.1, 0.15) is 48.7 Å². The van der Waals surface area contributed by atoms with Gasteiger partial charge in [-0.05, 0) is 32.7 Å². The highest BCUT2D eigenvalue weighted by molar-refractivity contribution is 5.92. The van der Waals surface area contributed by atoms with Crippen molar-refractivity contribution in [2.24, 2.45) is 0 Å². The Kier molecular flexibility index (Phi) is 4.96. The van der Waals surface area contributed by atoms with Crippen LogP contribution in [-0.4, -0.2) is 41.6 Å². The molecule has 1 saturated heterocycles. The minimum atomic E-state index is -0.0378. The molecule has 106 valence electrons. The van der Waals surface area contributed by atoms with Crippen LogP contribution in [0.5, 0.6) is 0 Å². The first-order valence-corrected chi connectivity index (χ1v) is 7.16. The highest BCUT2D eigenvalue weighted by Crippen LogP contribution is 2.14. The number of carbonyl (C=O) groups excluding carboxylic acids is 1. The molecular formula is C14H23N3O2. The van der Waals surface area contributed by atoms with Crippen molar-refractivity contribution in [3.8, 4) is 0 Å². The number of amides is 1. The van der Waals surface area contributed by atoms with E-state index < -0.39 is 0 Å². The molecule has 0 spiro atoms. The third-order valence-corrected chi connectivity index (χ3v) is 3.58. The van der Waals surface area contributed by atoms with E-state index in [1.54, 1.807) is 6.20 Å². The van der Waals surface area contributed by atoms with E-state index in [9.17, 15) is 4.79 Å². The van der Waals surface area contributed by atoms with E-state index in [-0.39, 0.29) is 5.91 Å². The van der Waals surface area contributed by atoms with Gasteiger partial charge in [0.2, 0.25) is 5.76 Å². The van der Waals surface area contributed by atoms with Crippen LogP contribution in [-0.2, 0) is 0 Å². The number of piperidine rings is 1. The van der Waals surface area contributed by atoms with Gasteiger partial charge in [-0.25, -0.2) is 0 Å². The van der Waals surface area contributed by atoms with Crippen LogP contribution in [0.25, 0.3) is 0 Å². The molecule has 0 aromatic carbocycles. The minimum Gasteiger partial charge on any atom is -0.351 e. The second-order valence-electron chi connectivity index (χ2n) is 5.24. The molecule has 0 aliphatic carbocycles.